The van der Waals surface area contributed by atoms with Gasteiger partial charge in [-0.05, 0) is 25.7 Å². The monoisotopic (exact) mass is 224 g/mol. The highest BCUT2D eigenvalue weighted by Crippen LogP contribution is 2.29. The molecular weight excluding hydrogens is 204 g/mol. The maximum absolute atomic E-state index is 12.1. The first-order chi connectivity index (χ1) is 7.74. The summed E-state index contributed by atoms with van der Waals surface area (Å²) >= 11 is 0. The zero-order chi connectivity index (χ0) is 11.5. The van der Waals surface area contributed by atoms with Crippen LogP contribution in [0.15, 0.2) is 12.7 Å². The van der Waals surface area contributed by atoms with Crippen molar-refractivity contribution in [1.82, 2.24) is 4.90 Å². The van der Waals surface area contributed by atoms with Gasteiger partial charge in [0.05, 0.1) is 24.8 Å². The quantitative estimate of drug-likeness (QED) is 0.717. The molecule has 2 rings (SSSR count). The molecule has 0 bridgehead atoms. The molecule has 2 fully saturated rings. The van der Waals surface area contributed by atoms with Crippen LogP contribution < -0.4 is 5.73 Å². The average molecular weight is 224 g/mol. The zero-order valence-electron chi connectivity index (χ0n) is 9.60. The lowest BCUT2D eigenvalue weighted by atomic mass is 10.1. The van der Waals surface area contributed by atoms with Gasteiger partial charge in [-0.3, -0.25) is 4.79 Å². The molecule has 4 heteroatoms. The molecule has 3 atom stereocenters. The Morgan fingerprint density at radius 1 is 1.62 bits per heavy atom. The van der Waals surface area contributed by atoms with Crippen molar-refractivity contribution in [2.45, 2.75) is 43.9 Å². The smallest absolute Gasteiger partial charge is 0.240 e. The SMILES string of the molecule is C=CCC(N)C(=O)N1CCOC2CCCC21. The van der Waals surface area contributed by atoms with Crippen molar-refractivity contribution in [2.75, 3.05) is 13.2 Å². The topological polar surface area (TPSA) is 55.6 Å². The molecule has 0 aromatic heterocycles. The highest BCUT2D eigenvalue weighted by Gasteiger charge is 2.39. The maximum atomic E-state index is 12.1. The third kappa shape index (κ3) is 2.13. The van der Waals surface area contributed by atoms with Gasteiger partial charge in [-0.2, -0.15) is 0 Å². The van der Waals surface area contributed by atoms with Gasteiger partial charge in [0.15, 0.2) is 0 Å². The number of morpholine rings is 1. The molecule has 2 N–H and O–H groups in total. The Hall–Kier alpha value is -0.870. The molecule has 4 nitrogen and oxygen atoms in total. The molecule has 0 aromatic carbocycles. The molecule has 1 saturated heterocycles. The van der Waals surface area contributed by atoms with Gasteiger partial charge >= 0.3 is 0 Å². The minimum absolute atomic E-state index is 0.0556. The van der Waals surface area contributed by atoms with Gasteiger partial charge in [0.2, 0.25) is 5.91 Å². The van der Waals surface area contributed by atoms with Crippen molar-refractivity contribution in [3.05, 3.63) is 12.7 Å². The second-order valence-electron chi connectivity index (χ2n) is 4.57. The van der Waals surface area contributed by atoms with Crippen LogP contribution in [0.4, 0.5) is 0 Å². The summed E-state index contributed by atoms with van der Waals surface area (Å²) in [5.41, 5.74) is 5.84. The Morgan fingerprint density at radius 2 is 2.44 bits per heavy atom. The molecule has 0 spiro atoms. The molecule has 1 heterocycles. The summed E-state index contributed by atoms with van der Waals surface area (Å²) in [6.45, 7) is 4.95. The van der Waals surface area contributed by atoms with Gasteiger partial charge in [0.1, 0.15) is 0 Å². The summed E-state index contributed by atoms with van der Waals surface area (Å²) in [5, 5.41) is 0. The Bertz CT molecular complexity index is 280. The van der Waals surface area contributed by atoms with E-state index in [-0.39, 0.29) is 18.1 Å². The lowest BCUT2D eigenvalue weighted by Crippen LogP contribution is -2.55. The van der Waals surface area contributed by atoms with E-state index < -0.39 is 6.04 Å². The fourth-order valence-electron chi connectivity index (χ4n) is 2.69. The van der Waals surface area contributed by atoms with E-state index in [1.54, 1.807) is 6.08 Å². The van der Waals surface area contributed by atoms with Crippen LogP contribution in [0.25, 0.3) is 0 Å². The van der Waals surface area contributed by atoms with Crippen molar-refractivity contribution in [1.29, 1.82) is 0 Å². The number of hydrogen-bond acceptors (Lipinski definition) is 3. The van der Waals surface area contributed by atoms with Crippen molar-refractivity contribution < 1.29 is 9.53 Å². The molecule has 3 unspecified atom stereocenters. The van der Waals surface area contributed by atoms with E-state index in [1.807, 2.05) is 4.90 Å². The van der Waals surface area contributed by atoms with Gasteiger partial charge in [-0.25, -0.2) is 0 Å². The minimum atomic E-state index is -0.433. The van der Waals surface area contributed by atoms with E-state index in [4.69, 9.17) is 10.5 Å². The number of nitrogens with zero attached hydrogens (tertiary/aromatic N) is 1. The van der Waals surface area contributed by atoms with E-state index in [9.17, 15) is 4.79 Å². The van der Waals surface area contributed by atoms with Gasteiger partial charge in [0, 0.05) is 6.54 Å². The molecule has 1 aliphatic carbocycles. The number of carbonyl (C=O) groups is 1. The van der Waals surface area contributed by atoms with Crippen LogP contribution in [-0.2, 0) is 9.53 Å². The molecule has 90 valence electrons. The summed E-state index contributed by atoms with van der Waals surface area (Å²) in [6.07, 6.45) is 5.77. The van der Waals surface area contributed by atoms with Crippen LogP contribution in [0.1, 0.15) is 25.7 Å². The van der Waals surface area contributed by atoms with E-state index in [1.165, 1.54) is 0 Å². The van der Waals surface area contributed by atoms with Crippen LogP contribution in [0, 0.1) is 0 Å². The Morgan fingerprint density at radius 3 is 3.19 bits per heavy atom. The largest absolute Gasteiger partial charge is 0.374 e. The predicted molar refractivity (Wildman–Crippen MR) is 61.9 cm³/mol. The molecule has 1 aliphatic heterocycles. The number of ether oxygens (including phenoxy) is 1. The van der Waals surface area contributed by atoms with Gasteiger partial charge in [-0.15, -0.1) is 6.58 Å². The first-order valence-electron chi connectivity index (χ1n) is 6.02. The Kier molecular flexibility index (Phi) is 3.61. The summed E-state index contributed by atoms with van der Waals surface area (Å²) in [7, 11) is 0. The van der Waals surface area contributed by atoms with Gasteiger partial charge < -0.3 is 15.4 Å². The molecule has 16 heavy (non-hydrogen) atoms. The van der Waals surface area contributed by atoms with Gasteiger partial charge in [-0.1, -0.05) is 6.08 Å². The lowest BCUT2D eigenvalue weighted by Gasteiger charge is -2.38. The second kappa shape index (κ2) is 4.97. The predicted octanol–water partition coefficient (Wildman–Crippen LogP) is 0.670. The van der Waals surface area contributed by atoms with Crippen LogP contribution in [-0.4, -0.2) is 42.1 Å². The Balaban J connectivity index is 2.01. The van der Waals surface area contributed by atoms with Crippen LogP contribution in [0.5, 0.6) is 0 Å². The van der Waals surface area contributed by atoms with Crippen molar-refractivity contribution >= 4 is 5.91 Å². The van der Waals surface area contributed by atoms with E-state index in [0.717, 1.165) is 19.3 Å². The number of hydrogen-bond donors (Lipinski definition) is 1. The first-order valence-corrected chi connectivity index (χ1v) is 6.02. The average Bonchev–Trinajstić information content (AvgIpc) is 2.76. The fourth-order valence-corrected chi connectivity index (χ4v) is 2.69. The van der Waals surface area contributed by atoms with E-state index in [0.29, 0.717) is 19.6 Å². The highest BCUT2D eigenvalue weighted by molar-refractivity contribution is 5.82. The summed E-state index contributed by atoms with van der Waals surface area (Å²) < 4.78 is 5.67. The van der Waals surface area contributed by atoms with Crippen molar-refractivity contribution in [3.63, 3.8) is 0 Å². The summed E-state index contributed by atoms with van der Waals surface area (Å²) in [5.74, 6) is 0.0556. The normalized spacial score (nSPS) is 30.9. The Labute approximate surface area is 96.4 Å². The maximum Gasteiger partial charge on any atom is 0.240 e. The molecule has 0 aromatic rings. The van der Waals surface area contributed by atoms with Crippen LogP contribution in [0.3, 0.4) is 0 Å². The van der Waals surface area contributed by atoms with Crippen molar-refractivity contribution in [2.24, 2.45) is 5.73 Å². The number of rotatable bonds is 3. The van der Waals surface area contributed by atoms with E-state index in [2.05, 4.69) is 6.58 Å². The van der Waals surface area contributed by atoms with Crippen molar-refractivity contribution in [3.8, 4) is 0 Å². The number of amides is 1. The summed E-state index contributed by atoms with van der Waals surface area (Å²) in [4.78, 5) is 14.1. The second-order valence-corrected chi connectivity index (χ2v) is 4.57. The number of carbonyl (C=O) groups excluding carboxylic acids is 1. The number of nitrogens with two attached hydrogens (primary N) is 1. The number of fused-ring (bicyclic) bond motifs is 1. The lowest BCUT2D eigenvalue weighted by molar-refractivity contribution is -0.145. The minimum Gasteiger partial charge on any atom is -0.374 e. The van der Waals surface area contributed by atoms with Crippen LogP contribution >= 0.6 is 0 Å². The standard InChI is InChI=1S/C12H20N2O2/c1-2-4-9(13)12(15)14-7-8-16-11-6-3-5-10(11)14/h2,9-11H,1,3-8,13H2. The van der Waals surface area contributed by atoms with Crippen LogP contribution in [0.2, 0.25) is 0 Å². The highest BCUT2D eigenvalue weighted by atomic mass is 16.5. The molecule has 1 amide bonds. The third-order valence-corrected chi connectivity index (χ3v) is 3.50. The third-order valence-electron chi connectivity index (χ3n) is 3.50. The summed E-state index contributed by atoms with van der Waals surface area (Å²) in [6, 6.07) is -0.172. The van der Waals surface area contributed by atoms with E-state index >= 15 is 0 Å². The van der Waals surface area contributed by atoms with Gasteiger partial charge in [0.25, 0.3) is 0 Å². The molecular formula is C12H20N2O2. The molecule has 2 aliphatic rings. The fraction of sp³-hybridized carbons (Fsp3) is 0.750. The molecule has 1 saturated carbocycles. The first kappa shape index (κ1) is 11.6. The zero-order valence-corrected chi connectivity index (χ0v) is 9.60. The molecule has 0 radical (unpaired) electrons.